The monoisotopic (exact) mass is 310 g/mol. The van der Waals surface area contributed by atoms with Crippen LogP contribution in [0.4, 0.5) is 0 Å². The molecule has 3 rings (SSSR count). The predicted molar refractivity (Wildman–Crippen MR) is 82.0 cm³/mol. The Kier molecular flexibility index (Phi) is 4.33. The van der Waals surface area contributed by atoms with Crippen molar-refractivity contribution in [2.45, 2.75) is 13.5 Å². The Balaban J connectivity index is 1.58. The number of aromatic nitrogens is 2. The molecule has 0 bridgehead atoms. The minimum Gasteiger partial charge on any atom is -0.465 e. The molecule has 0 spiro atoms. The highest BCUT2D eigenvalue weighted by molar-refractivity contribution is 5.86. The number of hydrogen-bond donors (Lipinski definition) is 0. The van der Waals surface area contributed by atoms with Crippen LogP contribution in [0.1, 0.15) is 17.2 Å². The van der Waals surface area contributed by atoms with Crippen LogP contribution in [0.3, 0.4) is 0 Å². The second-order valence-electron chi connectivity index (χ2n) is 4.83. The Morgan fingerprint density at radius 2 is 2.17 bits per heavy atom. The maximum atomic E-state index is 11.6. The third-order valence-electron chi connectivity index (χ3n) is 3.00. The molecule has 0 amide bonds. The van der Waals surface area contributed by atoms with Crippen molar-refractivity contribution in [2.75, 3.05) is 0 Å². The van der Waals surface area contributed by atoms with Crippen molar-refractivity contribution in [1.82, 2.24) is 10.2 Å². The van der Waals surface area contributed by atoms with E-state index < -0.39 is 5.97 Å². The highest BCUT2D eigenvalue weighted by atomic mass is 16.5. The number of carbonyl (C=O) groups excluding carboxylic acids is 1. The lowest BCUT2D eigenvalue weighted by molar-refractivity contribution is -0.139. The summed E-state index contributed by atoms with van der Waals surface area (Å²) in [4.78, 5) is 11.6. The molecule has 2 heterocycles. The fourth-order valence-corrected chi connectivity index (χ4v) is 1.92. The lowest BCUT2D eigenvalue weighted by Gasteiger charge is -1.97. The molecule has 0 radical (unpaired) electrons. The number of esters is 1. The van der Waals surface area contributed by atoms with Crippen molar-refractivity contribution in [1.29, 1.82) is 0 Å². The summed E-state index contributed by atoms with van der Waals surface area (Å²) in [6.45, 7) is 1.90. The average Bonchev–Trinajstić information content (AvgIpc) is 3.22. The van der Waals surface area contributed by atoms with Crippen LogP contribution < -0.4 is 0 Å². The minimum absolute atomic E-state index is 0.0832. The van der Waals surface area contributed by atoms with E-state index in [2.05, 4.69) is 10.2 Å². The molecule has 0 aliphatic rings. The summed E-state index contributed by atoms with van der Waals surface area (Å²) in [7, 11) is 0. The molecule has 0 fully saturated rings. The third-order valence-corrected chi connectivity index (χ3v) is 3.00. The molecule has 0 aliphatic heterocycles. The molecule has 0 N–H and O–H groups in total. The van der Waals surface area contributed by atoms with Gasteiger partial charge >= 0.3 is 5.97 Å². The first-order chi connectivity index (χ1) is 11.2. The van der Waals surface area contributed by atoms with E-state index in [1.165, 1.54) is 18.4 Å². The standard InChI is InChI=1S/C17H14N2O4/c1-12-4-2-5-13(10-12)17-19-18-15(23-17)11-22-16(20)8-7-14-6-3-9-21-14/h2-10H,11H2,1H3/b8-7+. The first-order valence-corrected chi connectivity index (χ1v) is 6.98. The number of furan rings is 1. The van der Waals surface area contributed by atoms with Crippen LogP contribution in [0.25, 0.3) is 17.5 Å². The average molecular weight is 310 g/mol. The zero-order chi connectivity index (χ0) is 16.1. The number of hydrogen-bond acceptors (Lipinski definition) is 6. The molecule has 0 saturated heterocycles. The van der Waals surface area contributed by atoms with Crippen LogP contribution in [-0.2, 0) is 16.1 Å². The summed E-state index contributed by atoms with van der Waals surface area (Å²) >= 11 is 0. The Hall–Kier alpha value is -3.15. The molecular formula is C17H14N2O4. The smallest absolute Gasteiger partial charge is 0.331 e. The number of benzene rings is 1. The summed E-state index contributed by atoms with van der Waals surface area (Å²) in [6.07, 6.45) is 4.32. The molecule has 1 aromatic carbocycles. The summed E-state index contributed by atoms with van der Waals surface area (Å²) in [5, 5.41) is 7.82. The van der Waals surface area contributed by atoms with E-state index in [1.807, 2.05) is 31.2 Å². The van der Waals surface area contributed by atoms with Gasteiger partial charge in [0, 0.05) is 11.6 Å². The number of aryl methyl sites for hydroxylation is 1. The topological polar surface area (TPSA) is 78.4 Å². The zero-order valence-corrected chi connectivity index (χ0v) is 12.4. The van der Waals surface area contributed by atoms with Gasteiger partial charge < -0.3 is 13.6 Å². The first kappa shape index (κ1) is 14.8. The van der Waals surface area contributed by atoms with E-state index in [9.17, 15) is 4.79 Å². The van der Waals surface area contributed by atoms with Gasteiger partial charge in [-0.15, -0.1) is 10.2 Å². The number of rotatable bonds is 5. The Bertz CT molecular complexity index is 819. The molecule has 116 valence electrons. The van der Waals surface area contributed by atoms with E-state index in [0.29, 0.717) is 11.7 Å². The predicted octanol–water partition coefficient (Wildman–Crippen LogP) is 3.39. The molecular weight excluding hydrogens is 296 g/mol. The molecule has 6 heteroatoms. The van der Waals surface area contributed by atoms with Crippen molar-refractivity contribution >= 4 is 12.0 Å². The Morgan fingerprint density at radius 1 is 1.26 bits per heavy atom. The minimum atomic E-state index is -0.517. The van der Waals surface area contributed by atoms with E-state index in [-0.39, 0.29) is 12.5 Å². The van der Waals surface area contributed by atoms with Gasteiger partial charge in [0.15, 0.2) is 6.61 Å². The van der Waals surface area contributed by atoms with Gasteiger partial charge in [-0.25, -0.2) is 4.79 Å². The quantitative estimate of drug-likeness (QED) is 0.531. The van der Waals surface area contributed by atoms with Crippen molar-refractivity contribution in [3.05, 3.63) is 66.0 Å². The molecule has 23 heavy (non-hydrogen) atoms. The van der Waals surface area contributed by atoms with Gasteiger partial charge in [0.1, 0.15) is 5.76 Å². The fourth-order valence-electron chi connectivity index (χ4n) is 1.92. The van der Waals surface area contributed by atoms with Crippen molar-refractivity contribution in [3.63, 3.8) is 0 Å². The summed E-state index contributed by atoms with van der Waals surface area (Å²) in [5.41, 5.74) is 1.92. The second kappa shape index (κ2) is 6.74. The highest BCUT2D eigenvalue weighted by Gasteiger charge is 2.10. The lowest BCUT2D eigenvalue weighted by Crippen LogP contribution is -2.00. The SMILES string of the molecule is Cc1cccc(-c2nnc(COC(=O)/C=C/c3ccco3)o2)c1. The second-order valence-corrected chi connectivity index (χ2v) is 4.83. The maximum absolute atomic E-state index is 11.6. The van der Waals surface area contributed by atoms with Crippen molar-refractivity contribution in [2.24, 2.45) is 0 Å². The molecule has 0 unspecified atom stereocenters. The molecule has 2 aromatic heterocycles. The third kappa shape index (κ3) is 3.94. The molecule has 6 nitrogen and oxygen atoms in total. The molecule has 0 aliphatic carbocycles. The van der Waals surface area contributed by atoms with Crippen LogP contribution >= 0.6 is 0 Å². The van der Waals surface area contributed by atoms with E-state index >= 15 is 0 Å². The van der Waals surface area contributed by atoms with E-state index in [0.717, 1.165) is 11.1 Å². The van der Waals surface area contributed by atoms with E-state index in [1.54, 1.807) is 12.1 Å². The van der Waals surface area contributed by atoms with Crippen LogP contribution in [0.5, 0.6) is 0 Å². The van der Waals surface area contributed by atoms with E-state index in [4.69, 9.17) is 13.6 Å². The summed E-state index contributed by atoms with van der Waals surface area (Å²) < 4.78 is 15.6. The lowest BCUT2D eigenvalue weighted by atomic mass is 10.1. The van der Waals surface area contributed by atoms with Crippen LogP contribution in [0.15, 0.2) is 57.6 Å². The van der Waals surface area contributed by atoms with Gasteiger partial charge in [-0.3, -0.25) is 0 Å². The van der Waals surface area contributed by atoms with Crippen LogP contribution in [0.2, 0.25) is 0 Å². The maximum Gasteiger partial charge on any atom is 0.331 e. The van der Waals surface area contributed by atoms with Crippen LogP contribution in [-0.4, -0.2) is 16.2 Å². The number of nitrogens with zero attached hydrogens (tertiary/aromatic N) is 2. The van der Waals surface area contributed by atoms with Crippen molar-refractivity contribution in [3.8, 4) is 11.5 Å². The van der Waals surface area contributed by atoms with Crippen LogP contribution in [0, 0.1) is 6.92 Å². The molecule has 0 saturated carbocycles. The van der Waals surface area contributed by atoms with Gasteiger partial charge in [0.2, 0.25) is 5.89 Å². The van der Waals surface area contributed by atoms with Gasteiger partial charge in [-0.1, -0.05) is 17.7 Å². The number of ether oxygens (including phenoxy) is 1. The number of carbonyl (C=O) groups is 1. The summed E-state index contributed by atoms with van der Waals surface area (Å²) in [5.74, 6) is 0.685. The summed E-state index contributed by atoms with van der Waals surface area (Å²) in [6, 6.07) is 11.2. The zero-order valence-electron chi connectivity index (χ0n) is 12.4. The van der Waals surface area contributed by atoms with Gasteiger partial charge in [0.25, 0.3) is 5.89 Å². The molecule has 3 aromatic rings. The fraction of sp³-hybridized carbons (Fsp3) is 0.118. The van der Waals surface area contributed by atoms with Crippen molar-refractivity contribution < 1.29 is 18.4 Å². The normalized spacial score (nSPS) is 11.0. The van der Waals surface area contributed by atoms with Gasteiger partial charge in [-0.05, 0) is 37.3 Å². The molecule has 0 atom stereocenters. The first-order valence-electron chi connectivity index (χ1n) is 6.98. The highest BCUT2D eigenvalue weighted by Crippen LogP contribution is 2.19. The van der Waals surface area contributed by atoms with Gasteiger partial charge in [0.05, 0.1) is 6.26 Å². The largest absolute Gasteiger partial charge is 0.465 e. The Morgan fingerprint density at radius 3 is 2.96 bits per heavy atom. The van der Waals surface area contributed by atoms with Gasteiger partial charge in [-0.2, -0.15) is 0 Å². The Labute approximate surface area is 132 Å².